The summed E-state index contributed by atoms with van der Waals surface area (Å²) >= 11 is 0. The molecule has 0 saturated carbocycles. The Labute approximate surface area is 178 Å². The van der Waals surface area contributed by atoms with Crippen molar-refractivity contribution in [2.24, 2.45) is 10.4 Å². The van der Waals surface area contributed by atoms with Crippen LogP contribution in [0.3, 0.4) is 0 Å². The Morgan fingerprint density at radius 3 is 2.52 bits per heavy atom. The molecule has 1 aromatic carbocycles. The fourth-order valence-electron chi connectivity index (χ4n) is 3.26. The summed E-state index contributed by atoms with van der Waals surface area (Å²) < 4.78 is 3.12. The smallest absolute Gasteiger partial charge is 0.267 e. The first kappa shape index (κ1) is 20.2. The van der Waals surface area contributed by atoms with Gasteiger partial charge in [-0.15, -0.1) is 0 Å². The number of aromatic nitrogens is 3. The zero-order valence-corrected chi connectivity index (χ0v) is 17.5. The monoisotopic (exact) mass is 411 g/mol. The van der Waals surface area contributed by atoms with Gasteiger partial charge in [-0.2, -0.15) is 10.3 Å². The number of carbonyl (C=O) groups is 1. The van der Waals surface area contributed by atoms with E-state index >= 15 is 0 Å². The second-order valence-electron chi connectivity index (χ2n) is 8.32. The minimum Gasteiger partial charge on any atom is -0.305 e. The molecule has 0 atom stereocenters. The van der Waals surface area contributed by atoms with Crippen molar-refractivity contribution in [2.75, 3.05) is 0 Å². The third kappa shape index (κ3) is 3.76. The lowest BCUT2D eigenvalue weighted by molar-refractivity contribution is -0.125. The second-order valence-corrected chi connectivity index (χ2v) is 8.32. The van der Waals surface area contributed by atoms with E-state index < -0.39 is 5.41 Å². The highest BCUT2D eigenvalue weighted by Gasteiger charge is 2.22. The number of hydrogen-bond donors (Lipinski definition) is 0. The summed E-state index contributed by atoms with van der Waals surface area (Å²) in [5.41, 5.74) is 1.12. The maximum absolute atomic E-state index is 13.2. The molecule has 0 aliphatic carbocycles. The number of carbonyl (C=O) groups excluding carboxylic acids is 1. The molecule has 3 heterocycles. The van der Waals surface area contributed by atoms with E-state index in [4.69, 9.17) is 0 Å². The third-order valence-corrected chi connectivity index (χ3v) is 4.94. The van der Waals surface area contributed by atoms with Crippen LogP contribution in [0, 0.1) is 16.7 Å². The Morgan fingerprint density at radius 2 is 1.84 bits per heavy atom. The van der Waals surface area contributed by atoms with Crippen molar-refractivity contribution in [1.82, 2.24) is 14.0 Å². The number of benzene rings is 1. The highest BCUT2D eigenvalue weighted by atomic mass is 16.1. The van der Waals surface area contributed by atoms with E-state index in [1.54, 1.807) is 49.7 Å². The van der Waals surface area contributed by atoms with Gasteiger partial charge in [-0.1, -0.05) is 57.2 Å². The van der Waals surface area contributed by atoms with E-state index in [0.29, 0.717) is 23.2 Å². The van der Waals surface area contributed by atoms with Crippen LogP contribution in [0.15, 0.2) is 70.6 Å². The summed E-state index contributed by atoms with van der Waals surface area (Å²) in [6.45, 7) is 5.61. The molecule has 1 amide bonds. The van der Waals surface area contributed by atoms with Crippen molar-refractivity contribution < 1.29 is 4.79 Å². The number of nitrogens with zero attached hydrogens (tertiary/aromatic N) is 5. The molecule has 7 nitrogen and oxygen atoms in total. The summed E-state index contributed by atoms with van der Waals surface area (Å²) in [4.78, 5) is 34.9. The van der Waals surface area contributed by atoms with E-state index in [2.05, 4.69) is 16.0 Å². The first-order chi connectivity index (χ1) is 14.8. The number of hydrogen-bond acceptors (Lipinski definition) is 4. The Kier molecular flexibility index (Phi) is 4.99. The van der Waals surface area contributed by atoms with Gasteiger partial charge in [0.25, 0.3) is 11.5 Å². The SMILES string of the molecule is CC(C)(C)C(=O)N=c1c(C#N)cc2c(=O)n3ccccc3nc2n1Cc1ccccc1. The van der Waals surface area contributed by atoms with Gasteiger partial charge in [0, 0.05) is 11.6 Å². The molecule has 3 aromatic heterocycles. The normalized spacial score (nSPS) is 12.3. The highest BCUT2D eigenvalue weighted by Crippen LogP contribution is 2.16. The van der Waals surface area contributed by atoms with Crippen LogP contribution in [0.2, 0.25) is 0 Å². The van der Waals surface area contributed by atoms with Gasteiger partial charge in [-0.3, -0.25) is 14.0 Å². The van der Waals surface area contributed by atoms with Crippen LogP contribution >= 0.6 is 0 Å². The lowest BCUT2D eigenvalue weighted by Gasteiger charge is -2.16. The molecule has 7 heteroatoms. The van der Waals surface area contributed by atoms with Crippen molar-refractivity contribution in [2.45, 2.75) is 27.3 Å². The van der Waals surface area contributed by atoms with E-state index in [0.717, 1.165) is 5.56 Å². The third-order valence-electron chi connectivity index (χ3n) is 4.94. The van der Waals surface area contributed by atoms with Gasteiger partial charge in [0.1, 0.15) is 17.4 Å². The zero-order chi connectivity index (χ0) is 22.2. The van der Waals surface area contributed by atoms with Gasteiger partial charge < -0.3 is 4.57 Å². The molecule has 0 aliphatic rings. The van der Waals surface area contributed by atoms with Crippen LogP contribution in [0.5, 0.6) is 0 Å². The van der Waals surface area contributed by atoms with Crippen molar-refractivity contribution in [3.05, 3.63) is 87.8 Å². The van der Waals surface area contributed by atoms with Crippen LogP contribution in [0.1, 0.15) is 31.9 Å². The molecule has 0 unspecified atom stereocenters. The minimum absolute atomic E-state index is 0.149. The first-order valence-electron chi connectivity index (χ1n) is 9.88. The first-order valence-corrected chi connectivity index (χ1v) is 9.88. The summed E-state index contributed by atoms with van der Waals surface area (Å²) in [5, 5.41) is 10.1. The molecule has 0 N–H and O–H groups in total. The molecular formula is C24H21N5O2. The van der Waals surface area contributed by atoms with Crippen molar-refractivity contribution >= 4 is 22.6 Å². The summed E-state index contributed by atoms with van der Waals surface area (Å²) in [6.07, 6.45) is 1.64. The average molecular weight is 411 g/mol. The fourth-order valence-corrected chi connectivity index (χ4v) is 3.26. The molecule has 0 bridgehead atoms. The van der Waals surface area contributed by atoms with Gasteiger partial charge in [-0.25, -0.2) is 4.98 Å². The van der Waals surface area contributed by atoms with Crippen LogP contribution < -0.4 is 11.0 Å². The largest absolute Gasteiger partial charge is 0.305 e. The standard InChI is InChI=1S/C24H21N5O2/c1-24(2,3)23(31)27-20-17(14-25)13-18-21(29(20)15-16-9-5-4-6-10-16)26-19-11-7-8-12-28(19)22(18)30/h4-13H,15H2,1-3H3. The molecule has 154 valence electrons. The van der Waals surface area contributed by atoms with Crippen LogP contribution in [-0.4, -0.2) is 19.9 Å². The number of pyridine rings is 2. The summed E-state index contributed by atoms with van der Waals surface area (Å²) in [6, 6.07) is 18.4. The van der Waals surface area contributed by atoms with E-state index in [-0.39, 0.29) is 22.5 Å². The second kappa shape index (κ2) is 7.65. The lowest BCUT2D eigenvalue weighted by Crippen LogP contribution is -2.31. The van der Waals surface area contributed by atoms with E-state index in [9.17, 15) is 14.9 Å². The average Bonchev–Trinajstić information content (AvgIpc) is 2.75. The maximum atomic E-state index is 13.2. The van der Waals surface area contributed by atoms with E-state index in [1.807, 2.05) is 30.3 Å². The molecule has 0 aliphatic heterocycles. The van der Waals surface area contributed by atoms with Gasteiger partial charge in [0.05, 0.1) is 17.5 Å². The Morgan fingerprint density at radius 1 is 1.13 bits per heavy atom. The molecule has 0 saturated heterocycles. The molecule has 0 fully saturated rings. The number of amides is 1. The van der Waals surface area contributed by atoms with Gasteiger partial charge in [-0.05, 0) is 23.8 Å². The molecule has 0 radical (unpaired) electrons. The van der Waals surface area contributed by atoms with Gasteiger partial charge in [0.15, 0.2) is 5.49 Å². The van der Waals surface area contributed by atoms with Crippen LogP contribution in [0.4, 0.5) is 0 Å². The summed E-state index contributed by atoms with van der Waals surface area (Å²) in [5.74, 6) is -0.359. The molecular weight excluding hydrogens is 390 g/mol. The Hall–Kier alpha value is -4.05. The number of rotatable bonds is 2. The zero-order valence-electron chi connectivity index (χ0n) is 17.5. The Balaban J connectivity index is 2.17. The topological polar surface area (TPSA) is 92.5 Å². The molecule has 4 rings (SSSR count). The lowest BCUT2D eigenvalue weighted by atomic mass is 9.96. The number of fused-ring (bicyclic) bond motifs is 2. The fraction of sp³-hybridized carbons (Fsp3) is 0.208. The van der Waals surface area contributed by atoms with E-state index in [1.165, 1.54) is 10.5 Å². The maximum Gasteiger partial charge on any atom is 0.267 e. The van der Waals surface area contributed by atoms with Crippen LogP contribution in [0.25, 0.3) is 16.7 Å². The molecule has 4 aromatic rings. The highest BCUT2D eigenvalue weighted by molar-refractivity contribution is 5.83. The molecule has 31 heavy (non-hydrogen) atoms. The molecule has 0 spiro atoms. The quantitative estimate of drug-likeness (QED) is 0.474. The predicted molar refractivity (Wildman–Crippen MR) is 117 cm³/mol. The van der Waals surface area contributed by atoms with Gasteiger partial charge in [0.2, 0.25) is 0 Å². The van der Waals surface area contributed by atoms with Crippen molar-refractivity contribution in [3.8, 4) is 6.07 Å². The van der Waals surface area contributed by atoms with Crippen LogP contribution in [-0.2, 0) is 11.3 Å². The van der Waals surface area contributed by atoms with Crippen molar-refractivity contribution in [3.63, 3.8) is 0 Å². The van der Waals surface area contributed by atoms with Crippen molar-refractivity contribution in [1.29, 1.82) is 5.26 Å². The Bertz CT molecular complexity index is 1480. The predicted octanol–water partition coefficient (Wildman–Crippen LogP) is 3.04. The number of nitriles is 1. The minimum atomic E-state index is -0.720. The summed E-state index contributed by atoms with van der Waals surface area (Å²) in [7, 11) is 0. The van der Waals surface area contributed by atoms with Gasteiger partial charge >= 0.3 is 0 Å².